The average molecular weight is 277 g/mol. The molecule has 0 aromatic heterocycles. The summed E-state index contributed by atoms with van der Waals surface area (Å²) >= 11 is 5.73. The second-order valence-electron chi connectivity index (χ2n) is 3.96. The van der Waals surface area contributed by atoms with Gasteiger partial charge in [0.1, 0.15) is 0 Å². The molecule has 1 aromatic rings. The highest BCUT2D eigenvalue weighted by Gasteiger charge is 2.43. The number of carbonyl (C=O) groups excluding carboxylic acids is 1. The molecule has 0 unspecified atom stereocenters. The minimum Gasteiger partial charge on any atom is -0.468 e. The molecule has 0 aliphatic carbocycles. The number of hydrogen-bond acceptors (Lipinski definition) is 4. The van der Waals surface area contributed by atoms with Gasteiger partial charge in [-0.1, -0.05) is 17.7 Å². The molecule has 1 aromatic carbocycles. The molecule has 0 bridgehead atoms. The number of sulfone groups is 1. The van der Waals surface area contributed by atoms with E-state index in [9.17, 15) is 13.2 Å². The lowest BCUT2D eigenvalue weighted by Gasteiger charge is -2.21. The zero-order chi connectivity index (χ0) is 13.3. The summed E-state index contributed by atoms with van der Waals surface area (Å²) in [6.07, 6.45) is 0. The van der Waals surface area contributed by atoms with Crippen molar-refractivity contribution in [1.29, 1.82) is 0 Å². The Balaban J connectivity index is 3.34. The Bertz CT molecular complexity index is 534. The number of methoxy groups -OCH3 is 1. The molecule has 94 valence electrons. The van der Waals surface area contributed by atoms with Crippen molar-refractivity contribution in [3.8, 4) is 0 Å². The van der Waals surface area contributed by atoms with Gasteiger partial charge in [-0.25, -0.2) is 8.42 Å². The minimum absolute atomic E-state index is 0.000370. The minimum atomic E-state index is -3.83. The van der Waals surface area contributed by atoms with Crippen LogP contribution in [-0.2, 0) is 19.4 Å². The second kappa shape index (κ2) is 4.66. The third kappa shape index (κ3) is 2.45. The van der Waals surface area contributed by atoms with Gasteiger partial charge in [0.15, 0.2) is 14.6 Å². The summed E-state index contributed by atoms with van der Waals surface area (Å²) in [6, 6.07) is 5.78. The summed E-state index contributed by atoms with van der Waals surface area (Å²) in [4.78, 5) is 11.5. The molecule has 0 aliphatic rings. The molecule has 17 heavy (non-hydrogen) atoms. The highest BCUT2D eigenvalue weighted by Crippen LogP contribution is 2.28. The molecule has 0 radical (unpaired) electrons. The number of halogens is 1. The highest BCUT2D eigenvalue weighted by molar-refractivity contribution is 7.93. The Hall–Kier alpha value is -1.07. The molecular weight excluding hydrogens is 264 g/mol. The molecule has 0 heterocycles. The Morgan fingerprint density at radius 2 is 1.94 bits per heavy atom. The fourth-order valence-corrected chi connectivity index (χ4v) is 2.97. The zero-order valence-corrected chi connectivity index (χ0v) is 11.3. The molecule has 0 N–H and O–H groups in total. The van der Waals surface area contributed by atoms with Crippen molar-refractivity contribution in [2.45, 2.75) is 23.5 Å². The summed E-state index contributed by atoms with van der Waals surface area (Å²) in [7, 11) is -2.68. The van der Waals surface area contributed by atoms with Gasteiger partial charge < -0.3 is 4.74 Å². The first-order valence-electron chi connectivity index (χ1n) is 4.82. The maximum absolute atomic E-state index is 12.2. The van der Waals surface area contributed by atoms with Crippen LogP contribution in [0.3, 0.4) is 0 Å². The topological polar surface area (TPSA) is 60.4 Å². The van der Waals surface area contributed by atoms with E-state index in [0.29, 0.717) is 5.02 Å². The molecule has 4 nitrogen and oxygen atoms in total. The first kappa shape index (κ1) is 14.0. The van der Waals surface area contributed by atoms with Crippen molar-refractivity contribution in [3.05, 3.63) is 29.3 Å². The second-order valence-corrected chi connectivity index (χ2v) is 6.90. The smallest absolute Gasteiger partial charge is 0.327 e. The van der Waals surface area contributed by atoms with Crippen LogP contribution in [0.2, 0.25) is 5.02 Å². The summed E-state index contributed by atoms with van der Waals surface area (Å²) in [5, 5.41) is 0.298. The van der Waals surface area contributed by atoms with Gasteiger partial charge >= 0.3 is 5.97 Å². The van der Waals surface area contributed by atoms with Crippen LogP contribution in [0, 0.1) is 0 Å². The lowest BCUT2D eigenvalue weighted by Crippen LogP contribution is -2.41. The number of carbonyl (C=O) groups is 1. The van der Waals surface area contributed by atoms with Crippen molar-refractivity contribution in [2.24, 2.45) is 0 Å². The van der Waals surface area contributed by atoms with Gasteiger partial charge in [-0.3, -0.25) is 4.79 Å². The van der Waals surface area contributed by atoms with Crippen molar-refractivity contribution in [3.63, 3.8) is 0 Å². The van der Waals surface area contributed by atoms with Gasteiger partial charge in [0.25, 0.3) is 0 Å². The standard InChI is InChI=1S/C11H13ClO4S/c1-11(2,10(13)16-3)17(14,15)9-6-4-5-8(12)7-9/h4-7H,1-3H3. The van der Waals surface area contributed by atoms with Crippen molar-refractivity contribution in [2.75, 3.05) is 7.11 Å². The SMILES string of the molecule is COC(=O)C(C)(C)S(=O)(=O)c1cccc(Cl)c1. The largest absolute Gasteiger partial charge is 0.468 e. The number of hydrogen-bond donors (Lipinski definition) is 0. The van der Waals surface area contributed by atoms with Crippen LogP contribution in [-0.4, -0.2) is 26.2 Å². The normalized spacial score (nSPS) is 12.2. The highest BCUT2D eigenvalue weighted by atomic mass is 35.5. The van der Waals surface area contributed by atoms with Crippen molar-refractivity contribution in [1.82, 2.24) is 0 Å². The summed E-state index contributed by atoms with van der Waals surface area (Å²) < 4.78 is 27.3. The van der Waals surface area contributed by atoms with Gasteiger partial charge in [-0.15, -0.1) is 0 Å². The fraction of sp³-hybridized carbons (Fsp3) is 0.364. The Labute approximate surface area is 105 Å². The van der Waals surface area contributed by atoms with E-state index in [-0.39, 0.29) is 4.90 Å². The van der Waals surface area contributed by atoms with Crippen LogP contribution in [0.4, 0.5) is 0 Å². The van der Waals surface area contributed by atoms with Gasteiger partial charge in [0.2, 0.25) is 0 Å². The molecule has 0 spiro atoms. The number of benzene rings is 1. The zero-order valence-electron chi connectivity index (χ0n) is 9.73. The van der Waals surface area contributed by atoms with Crippen molar-refractivity contribution >= 4 is 27.4 Å². The van der Waals surface area contributed by atoms with E-state index in [1.807, 2.05) is 0 Å². The Morgan fingerprint density at radius 1 is 1.35 bits per heavy atom. The molecule has 1 rings (SSSR count). The maximum atomic E-state index is 12.2. The van der Waals surface area contributed by atoms with Crippen molar-refractivity contribution < 1.29 is 17.9 Å². The van der Waals surface area contributed by atoms with Gasteiger partial charge in [-0.05, 0) is 32.0 Å². The van der Waals surface area contributed by atoms with E-state index in [1.54, 1.807) is 6.07 Å². The predicted molar refractivity (Wildman–Crippen MR) is 64.7 cm³/mol. The predicted octanol–water partition coefficient (Wildman–Crippen LogP) is 2.07. The molecular formula is C11H13ClO4S. The van der Waals surface area contributed by atoms with Crippen LogP contribution in [0.5, 0.6) is 0 Å². The lowest BCUT2D eigenvalue weighted by molar-refractivity contribution is -0.142. The molecule has 0 saturated carbocycles. The van der Waals surface area contributed by atoms with Gasteiger partial charge in [0.05, 0.1) is 12.0 Å². The first-order valence-corrected chi connectivity index (χ1v) is 6.68. The van der Waals surface area contributed by atoms with E-state index < -0.39 is 20.6 Å². The Kier molecular flexibility index (Phi) is 3.84. The monoisotopic (exact) mass is 276 g/mol. The molecule has 0 aliphatic heterocycles. The van der Waals surface area contributed by atoms with E-state index in [1.165, 1.54) is 32.0 Å². The quantitative estimate of drug-likeness (QED) is 0.793. The van der Waals surface area contributed by atoms with Crippen LogP contribution in [0.15, 0.2) is 29.2 Å². The molecule has 0 atom stereocenters. The van der Waals surface area contributed by atoms with E-state index in [2.05, 4.69) is 4.74 Å². The van der Waals surface area contributed by atoms with E-state index >= 15 is 0 Å². The van der Waals surface area contributed by atoms with E-state index in [0.717, 1.165) is 7.11 Å². The number of ether oxygens (including phenoxy) is 1. The summed E-state index contributed by atoms with van der Waals surface area (Å²) in [5.41, 5.74) is 0. The third-order valence-electron chi connectivity index (χ3n) is 2.46. The van der Waals surface area contributed by atoms with Gasteiger partial charge in [0, 0.05) is 5.02 Å². The van der Waals surface area contributed by atoms with Crippen LogP contribution in [0.1, 0.15) is 13.8 Å². The average Bonchev–Trinajstić information content (AvgIpc) is 2.27. The molecule has 0 amide bonds. The van der Waals surface area contributed by atoms with Crippen LogP contribution in [0.25, 0.3) is 0 Å². The lowest BCUT2D eigenvalue weighted by atomic mass is 10.2. The number of esters is 1. The third-order valence-corrected chi connectivity index (χ3v) is 5.08. The first-order chi connectivity index (χ1) is 7.73. The maximum Gasteiger partial charge on any atom is 0.327 e. The summed E-state index contributed by atoms with van der Waals surface area (Å²) in [6.45, 7) is 2.60. The number of rotatable bonds is 3. The molecule has 0 fully saturated rings. The van der Waals surface area contributed by atoms with E-state index in [4.69, 9.17) is 11.6 Å². The molecule has 6 heteroatoms. The van der Waals surface area contributed by atoms with Crippen LogP contribution < -0.4 is 0 Å². The van der Waals surface area contributed by atoms with Crippen LogP contribution >= 0.6 is 11.6 Å². The molecule has 0 saturated heterocycles. The Morgan fingerprint density at radius 3 is 2.41 bits per heavy atom. The fourth-order valence-electron chi connectivity index (χ4n) is 1.28. The van der Waals surface area contributed by atoms with Gasteiger partial charge in [-0.2, -0.15) is 0 Å². The summed E-state index contributed by atoms with van der Waals surface area (Å²) in [5.74, 6) is -0.808.